The monoisotopic (exact) mass is 656 g/mol. The Balaban J connectivity index is 1.45. The van der Waals surface area contributed by atoms with Gasteiger partial charge < -0.3 is 29.0 Å². The molecule has 4 aromatic carbocycles. The summed E-state index contributed by atoms with van der Waals surface area (Å²) in [5, 5.41) is 12.3. The number of methoxy groups -OCH3 is 3. The summed E-state index contributed by atoms with van der Waals surface area (Å²) in [6.45, 7) is 0.622. The standard InChI is InChI=1S/C34H29BrN2O7/c1-40-30-17-23(9-14-29(30)43-20-22-7-5-4-6-8-22)21-44-32-28(35)16-24(18-31(32)41-2)15-26(19-36)33(38)37-27-12-10-25(11-13-27)34(39)42-3/h4-18H,20-21H2,1-3H3,(H,37,38)/b26-15-. The molecule has 0 atom stereocenters. The molecule has 0 radical (unpaired) electrons. The molecule has 9 nitrogen and oxygen atoms in total. The van der Waals surface area contributed by atoms with Gasteiger partial charge in [0.15, 0.2) is 23.0 Å². The summed E-state index contributed by atoms with van der Waals surface area (Å²) in [6, 6.07) is 26.9. The average molecular weight is 658 g/mol. The van der Waals surface area contributed by atoms with E-state index in [0.29, 0.717) is 50.9 Å². The van der Waals surface area contributed by atoms with Gasteiger partial charge in [0.2, 0.25) is 0 Å². The molecule has 0 spiro atoms. The predicted molar refractivity (Wildman–Crippen MR) is 169 cm³/mol. The minimum absolute atomic E-state index is 0.133. The van der Waals surface area contributed by atoms with Crippen LogP contribution in [0.1, 0.15) is 27.0 Å². The molecule has 0 aliphatic carbocycles. The Morgan fingerprint density at radius 3 is 2.18 bits per heavy atom. The molecule has 0 aliphatic rings. The molecule has 4 rings (SSSR count). The Labute approximate surface area is 263 Å². The number of hydrogen-bond acceptors (Lipinski definition) is 8. The number of amides is 1. The first-order valence-corrected chi connectivity index (χ1v) is 14.1. The minimum atomic E-state index is -0.612. The van der Waals surface area contributed by atoms with Crippen molar-refractivity contribution in [2.24, 2.45) is 0 Å². The first-order valence-electron chi connectivity index (χ1n) is 13.3. The Morgan fingerprint density at radius 2 is 1.52 bits per heavy atom. The maximum absolute atomic E-state index is 12.8. The highest BCUT2D eigenvalue weighted by Gasteiger charge is 2.16. The van der Waals surface area contributed by atoms with Gasteiger partial charge in [0, 0.05) is 5.69 Å². The number of ether oxygens (including phenoxy) is 5. The summed E-state index contributed by atoms with van der Waals surface area (Å²) < 4.78 is 28.4. The van der Waals surface area contributed by atoms with Gasteiger partial charge in [0.05, 0.1) is 31.4 Å². The van der Waals surface area contributed by atoms with E-state index in [4.69, 9.17) is 18.9 Å². The maximum Gasteiger partial charge on any atom is 0.337 e. The van der Waals surface area contributed by atoms with Gasteiger partial charge in [-0.1, -0.05) is 36.4 Å². The van der Waals surface area contributed by atoms with Crippen LogP contribution in [-0.4, -0.2) is 33.2 Å². The number of hydrogen-bond donors (Lipinski definition) is 1. The smallest absolute Gasteiger partial charge is 0.337 e. The number of esters is 1. The number of nitrogens with zero attached hydrogens (tertiary/aromatic N) is 1. The van der Waals surface area contributed by atoms with Gasteiger partial charge in [-0.05, 0) is 87.2 Å². The third-order valence-electron chi connectivity index (χ3n) is 6.34. The summed E-state index contributed by atoms with van der Waals surface area (Å²) >= 11 is 3.52. The molecule has 0 aromatic heterocycles. The van der Waals surface area contributed by atoms with Crippen molar-refractivity contribution in [3.8, 4) is 29.1 Å². The number of halogens is 1. The van der Waals surface area contributed by atoms with E-state index >= 15 is 0 Å². The van der Waals surface area contributed by atoms with Crippen LogP contribution in [0, 0.1) is 11.3 Å². The average Bonchev–Trinajstić information content (AvgIpc) is 3.06. The second-order valence-electron chi connectivity index (χ2n) is 9.28. The number of rotatable bonds is 12. The number of nitrogens with one attached hydrogen (secondary N) is 1. The lowest BCUT2D eigenvalue weighted by atomic mass is 10.1. The topological polar surface area (TPSA) is 116 Å². The lowest BCUT2D eigenvalue weighted by Gasteiger charge is -2.15. The summed E-state index contributed by atoms with van der Waals surface area (Å²) in [4.78, 5) is 24.4. The van der Waals surface area contributed by atoms with E-state index in [1.165, 1.54) is 32.4 Å². The molecular formula is C34H29BrN2O7. The van der Waals surface area contributed by atoms with E-state index in [9.17, 15) is 14.9 Å². The normalized spacial score (nSPS) is 10.8. The molecule has 0 saturated carbocycles. The first-order chi connectivity index (χ1) is 21.3. The molecule has 0 heterocycles. The molecule has 10 heteroatoms. The largest absolute Gasteiger partial charge is 0.493 e. The Bertz CT molecular complexity index is 1700. The van der Waals surface area contributed by atoms with Gasteiger partial charge in [-0.2, -0.15) is 5.26 Å². The zero-order chi connectivity index (χ0) is 31.5. The van der Waals surface area contributed by atoms with Crippen LogP contribution in [0.2, 0.25) is 0 Å². The van der Waals surface area contributed by atoms with E-state index in [1.54, 1.807) is 31.4 Å². The summed E-state index contributed by atoms with van der Waals surface area (Å²) in [5.74, 6) is 0.937. The van der Waals surface area contributed by atoms with Crippen molar-refractivity contribution in [1.82, 2.24) is 0 Å². The van der Waals surface area contributed by atoms with Gasteiger partial charge in [0.25, 0.3) is 5.91 Å². The van der Waals surface area contributed by atoms with Crippen molar-refractivity contribution in [3.63, 3.8) is 0 Å². The van der Waals surface area contributed by atoms with Crippen molar-refractivity contribution in [1.29, 1.82) is 5.26 Å². The van der Waals surface area contributed by atoms with E-state index in [-0.39, 0.29) is 12.2 Å². The molecule has 1 amide bonds. The third kappa shape index (κ3) is 8.18. The van der Waals surface area contributed by atoms with Gasteiger partial charge >= 0.3 is 5.97 Å². The highest BCUT2D eigenvalue weighted by Crippen LogP contribution is 2.38. The molecule has 4 aromatic rings. The molecule has 0 aliphatic heterocycles. The Kier molecular flexibility index (Phi) is 11.0. The number of benzene rings is 4. The molecule has 0 unspecified atom stereocenters. The quantitative estimate of drug-likeness (QED) is 0.0989. The van der Waals surface area contributed by atoms with Crippen molar-refractivity contribution in [2.45, 2.75) is 13.2 Å². The summed E-state index contributed by atoms with van der Waals surface area (Å²) in [6.07, 6.45) is 1.44. The Hall–Kier alpha value is -5.27. The SMILES string of the molecule is COC(=O)c1ccc(NC(=O)/C(C#N)=C\c2cc(Br)c(OCc3ccc(OCc4ccccc4)c(OC)c3)c(OC)c2)cc1. The second kappa shape index (κ2) is 15.3. The van der Waals surface area contributed by atoms with Crippen LogP contribution in [0.25, 0.3) is 6.08 Å². The van der Waals surface area contributed by atoms with Crippen LogP contribution >= 0.6 is 15.9 Å². The second-order valence-corrected chi connectivity index (χ2v) is 10.1. The fraction of sp³-hybridized carbons (Fsp3) is 0.147. The first kappa shape index (κ1) is 31.7. The number of carbonyl (C=O) groups is 2. The number of carbonyl (C=O) groups excluding carboxylic acids is 2. The molecule has 0 bridgehead atoms. The van der Waals surface area contributed by atoms with Gasteiger partial charge in [-0.15, -0.1) is 0 Å². The van der Waals surface area contributed by atoms with Crippen molar-refractivity contribution in [2.75, 3.05) is 26.6 Å². The van der Waals surface area contributed by atoms with Crippen LogP contribution in [0.15, 0.2) is 95.0 Å². The van der Waals surface area contributed by atoms with Crippen molar-refractivity contribution >= 4 is 39.6 Å². The molecule has 0 saturated heterocycles. The van der Waals surface area contributed by atoms with Crippen LogP contribution in [0.4, 0.5) is 5.69 Å². The minimum Gasteiger partial charge on any atom is -0.493 e. The summed E-state index contributed by atoms with van der Waals surface area (Å²) in [5.41, 5.74) is 3.05. The van der Waals surface area contributed by atoms with Crippen molar-refractivity contribution < 1.29 is 33.3 Å². The summed E-state index contributed by atoms with van der Waals surface area (Å²) in [7, 11) is 4.37. The van der Waals surface area contributed by atoms with Crippen LogP contribution in [-0.2, 0) is 22.7 Å². The van der Waals surface area contributed by atoms with Gasteiger partial charge in [-0.25, -0.2) is 4.79 Å². The number of anilines is 1. The van der Waals surface area contributed by atoms with E-state index in [2.05, 4.69) is 26.0 Å². The molecule has 1 N–H and O–H groups in total. The van der Waals surface area contributed by atoms with E-state index in [0.717, 1.165) is 11.1 Å². The van der Waals surface area contributed by atoms with Crippen molar-refractivity contribution in [3.05, 3.63) is 117 Å². The fourth-order valence-corrected chi connectivity index (χ4v) is 4.67. The molecule has 224 valence electrons. The number of nitriles is 1. The van der Waals surface area contributed by atoms with Crippen LogP contribution in [0.3, 0.4) is 0 Å². The van der Waals surface area contributed by atoms with Crippen LogP contribution in [0.5, 0.6) is 23.0 Å². The maximum atomic E-state index is 12.8. The van der Waals surface area contributed by atoms with E-state index in [1.807, 2.05) is 54.6 Å². The molecule has 44 heavy (non-hydrogen) atoms. The molecular weight excluding hydrogens is 628 g/mol. The van der Waals surface area contributed by atoms with Gasteiger partial charge in [-0.3, -0.25) is 4.79 Å². The zero-order valence-corrected chi connectivity index (χ0v) is 25.8. The predicted octanol–water partition coefficient (Wildman–Crippen LogP) is 6.96. The Morgan fingerprint density at radius 1 is 0.818 bits per heavy atom. The highest BCUT2D eigenvalue weighted by atomic mass is 79.9. The zero-order valence-electron chi connectivity index (χ0n) is 24.3. The highest BCUT2D eigenvalue weighted by molar-refractivity contribution is 9.10. The third-order valence-corrected chi connectivity index (χ3v) is 6.93. The van der Waals surface area contributed by atoms with Crippen LogP contribution < -0.4 is 24.3 Å². The lowest BCUT2D eigenvalue weighted by molar-refractivity contribution is -0.112. The lowest BCUT2D eigenvalue weighted by Crippen LogP contribution is -2.13. The van der Waals surface area contributed by atoms with Gasteiger partial charge in [0.1, 0.15) is 24.9 Å². The molecule has 0 fully saturated rings. The fourth-order valence-electron chi connectivity index (χ4n) is 4.10. The van der Waals surface area contributed by atoms with E-state index < -0.39 is 11.9 Å².